The largest absolute Gasteiger partial charge is 0.490 e. The minimum Gasteiger partial charge on any atom is -0.490 e. The van der Waals surface area contributed by atoms with Gasteiger partial charge in [-0.15, -0.1) is 0 Å². The van der Waals surface area contributed by atoms with Gasteiger partial charge in [-0.1, -0.05) is 0 Å². The second kappa shape index (κ2) is 5.94. The first kappa shape index (κ1) is 15.0. The first-order chi connectivity index (χ1) is 9.97. The van der Waals surface area contributed by atoms with Crippen molar-refractivity contribution in [3.05, 3.63) is 28.1 Å². The van der Waals surface area contributed by atoms with Crippen LogP contribution in [0, 0.1) is 21.8 Å². The topological polar surface area (TPSA) is 81.9 Å². The molecule has 1 unspecified atom stereocenters. The third-order valence-electron chi connectivity index (χ3n) is 3.51. The molecule has 21 heavy (non-hydrogen) atoms. The summed E-state index contributed by atoms with van der Waals surface area (Å²) in [5, 5.41) is 10.8. The number of halogens is 1. The van der Waals surface area contributed by atoms with Gasteiger partial charge in [0.25, 0.3) is 0 Å². The first-order valence-electron chi connectivity index (χ1n) is 6.32. The lowest BCUT2D eigenvalue weighted by molar-refractivity contribution is -0.385. The number of nitrogens with zero attached hydrogens (tertiary/aromatic N) is 2. The van der Waals surface area contributed by atoms with Gasteiger partial charge in [0.2, 0.25) is 0 Å². The molecule has 0 radical (unpaired) electrons. The van der Waals surface area contributed by atoms with E-state index >= 15 is 0 Å². The quantitative estimate of drug-likeness (QED) is 0.478. The highest BCUT2D eigenvalue weighted by atomic mass is 19.1. The Kier molecular flexibility index (Phi) is 4.25. The first-order valence-corrected chi connectivity index (χ1v) is 6.32. The van der Waals surface area contributed by atoms with Crippen LogP contribution in [0.3, 0.4) is 0 Å². The molecule has 8 heteroatoms. The van der Waals surface area contributed by atoms with Gasteiger partial charge in [0.15, 0.2) is 11.6 Å². The molecule has 1 heterocycles. The molecule has 0 saturated carbocycles. The van der Waals surface area contributed by atoms with E-state index in [4.69, 9.17) is 4.74 Å². The fourth-order valence-electron chi connectivity index (χ4n) is 2.42. The molecular formula is C13H15FN2O5. The van der Waals surface area contributed by atoms with Crippen LogP contribution in [-0.4, -0.2) is 38.2 Å². The maximum absolute atomic E-state index is 14.1. The number of hydrogen-bond donors (Lipinski definition) is 0. The third kappa shape index (κ3) is 2.88. The highest BCUT2D eigenvalue weighted by Crippen LogP contribution is 2.36. The van der Waals surface area contributed by atoms with Gasteiger partial charge in [-0.05, 0) is 6.42 Å². The van der Waals surface area contributed by atoms with Crippen molar-refractivity contribution in [3.63, 3.8) is 0 Å². The number of hydrogen-bond acceptors (Lipinski definition) is 6. The van der Waals surface area contributed by atoms with E-state index in [1.807, 2.05) is 0 Å². The number of carbonyl (C=O) groups excluding carboxylic acids is 1. The van der Waals surface area contributed by atoms with Gasteiger partial charge in [-0.25, -0.2) is 4.39 Å². The van der Waals surface area contributed by atoms with Crippen LogP contribution in [0.4, 0.5) is 15.8 Å². The van der Waals surface area contributed by atoms with E-state index in [0.29, 0.717) is 19.5 Å². The van der Waals surface area contributed by atoms with Gasteiger partial charge in [0.1, 0.15) is 0 Å². The SMILES string of the molecule is COC(=O)C1CCN(c2cc(OC)c([N+](=O)[O-])cc2F)C1. The van der Waals surface area contributed by atoms with E-state index in [9.17, 15) is 19.3 Å². The maximum atomic E-state index is 14.1. The lowest BCUT2D eigenvalue weighted by Crippen LogP contribution is -2.24. The number of carbonyl (C=O) groups is 1. The molecule has 7 nitrogen and oxygen atoms in total. The van der Waals surface area contributed by atoms with Crippen LogP contribution in [0.25, 0.3) is 0 Å². The van der Waals surface area contributed by atoms with Gasteiger partial charge in [0, 0.05) is 19.2 Å². The normalized spacial score (nSPS) is 17.7. The molecular weight excluding hydrogens is 283 g/mol. The van der Waals surface area contributed by atoms with E-state index in [2.05, 4.69) is 4.74 Å². The number of methoxy groups -OCH3 is 2. The van der Waals surface area contributed by atoms with Crippen LogP contribution in [-0.2, 0) is 9.53 Å². The van der Waals surface area contributed by atoms with E-state index in [-0.39, 0.29) is 23.3 Å². The number of esters is 1. The monoisotopic (exact) mass is 298 g/mol. The van der Waals surface area contributed by atoms with Crippen LogP contribution in [0.5, 0.6) is 5.75 Å². The molecule has 0 aliphatic carbocycles. The molecule has 1 atom stereocenters. The Hall–Kier alpha value is -2.38. The van der Waals surface area contributed by atoms with E-state index in [0.717, 1.165) is 6.07 Å². The fraction of sp³-hybridized carbons (Fsp3) is 0.462. The average Bonchev–Trinajstić information content (AvgIpc) is 2.95. The molecule has 1 aromatic rings. The van der Waals surface area contributed by atoms with Crippen LogP contribution < -0.4 is 9.64 Å². The Balaban J connectivity index is 2.29. The number of nitro groups is 1. The van der Waals surface area contributed by atoms with Gasteiger partial charge >= 0.3 is 11.7 Å². The summed E-state index contributed by atoms with van der Waals surface area (Å²) >= 11 is 0. The Morgan fingerprint density at radius 3 is 2.76 bits per heavy atom. The Morgan fingerprint density at radius 1 is 1.48 bits per heavy atom. The number of anilines is 1. The summed E-state index contributed by atoms with van der Waals surface area (Å²) in [6.07, 6.45) is 0.547. The van der Waals surface area contributed by atoms with Crippen molar-refractivity contribution in [1.82, 2.24) is 0 Å². The van der Waals surface area contributed by atoms with Crippen LogP contribution in [0.2, 0.25) is 0 Å². The lowest BCUT2D eigenvalue weighted by atomic mass is 10.1. The zero-order chi connectivity index (χ0) is 15.6. The Morgan fingerprint density at radius 2 is 2.19 bits per heavy atom. The van der Waals surface area contributed by atoms with Crippen LogP contribution in [0.1, 0.15) is 6.42 Å². The summed E-state index contributed by atoms with van der Waals surface area (Å²) < 4.78 is 23.7. The summed E-state index contributed by atoms with van der Waals surface area (Å²) in [6.45, 7) is 0.780. The molecule has 0 N–H and O–H groups in total. The molecule has 0 spiro atoms. The van der Waals surface area contributed by atoms with Crippen molar-refractivity contribution in [2.75, 3.05) is 32.2 Å². The molecule has 0 amide bonds. The number of rotatable bonds is 4. The maximum Gasteiger partial charge on any atom is 0.313 e. The Labute approximate surface area is 120 Å². The van der Waals surface area contributed by atoms with E-state index in [1.165, 1.54) is 20.3 Å². The lowest BCUT2D eigenvalue weighted by Gasteiger charge is -2.19. The second-order valence-electron chi connectivity index (χ2n) is 4.69. The van der Waals surface area contributed by atoms with Crippen LogP contribution in [0.15, 0.2) is 12.1 Å². The molecule has 0 bridgehead atoms. The highest BCUT2D eigenvalue weighted by molar-refractivity contribution is 5.74. The molecule has 1 saturated heterocycles. The van der Waals surface area contributed by atoms with Crippen LogP contribution >= 0.6 is 0 Å². The standard InChI is InChI=1S/C13H15FN2O5/c1-20-12-6-10(9(14)5-11(12)16(18)19)15-4-3-8(7-15)13(17)21-2/h5-6,8H,3-4,7H2,1-2H3. The molecule has 1 fully saturated rings. The number of benzene rings is 1. The molecule has 114 valence electrons. The van der Waals surface area contributed by atoms with Gasteiger partial charge in [-0.3, -0.25) is 14.9 Å². The number of ether oxygens (including phenoxy) is 2. The van der Waals surface area contributed by atoms with Crippen molar-refractivity contribution in [3.8, 4) is 5.75 Å². The predicted octanol–water partition coefficient (Wildman–Crippen LogP) is 1.74. The van der Waals surface area contributed by atoms with Gasteiger partial charge in [0.05, 0.1) is 36.8 Å². The smallest absolute Gasteiger partial charge is 0.313 e. The minimum atomic E-state index is -0.715. The molecule has 0 aromatic heterocycles. The molecule has 1 aliphatic rings. The summed E-state index contributed by atoms with van der Waals surface area (Å²) in [6, 6.07) is 2.12. The van der Waals surface area contributed by atoms with Crippen molar-refractivity contribution in [2.45, 2.75) is 6.42 Å². The molecule has 1 aromatic carbocycles. The summed E-state index contributed by atoms with van der Waals surface area (Å²) in [5.74, 6) is -1.40. The van der Waals surface area contributed by atoms with Crippen molar-refractivity contribution >= 4 is 17.3 Å². The highest BCUT2D eigenvalue weighted by Gasteiger charge is 2.31. The second-order valence-corrected chi connectivity index (χ2v) is 4.69. The molecule has 1 aliphatic heterocycles. The Bertz CT molecular complexity index is 578. The van der Waals surface area contributed by atoms with E-state index in [1.54, 1.807) is 4.90 Å². The van der Waals surface area contributed by atoms with Crippen molar-refractivity contribution in [1.29, 1.82) is 0 Å². The number of nitro benzene ring substituents is 1. The summed E-state index contributed by atoms with van der Waals surface area (Å²) in [4.78, 5) is 23.3. The van der Waals surface area contributed by atoms with Crippen molar-refractivity contribution < 1.29 is 23.6 Å². The fourth-order valence-corrected chi connectivity index (χ4v) is 2.42. The third-order valence-corrected chi connectivity index (χ3v) is 3.51. The van der Waals surface area contributed by atoms with Gasteiger partial charge in [-0.2, -0.15) is 0 Å². The molecule has 2 rings (SSSR count). The zero-order valence-electron chi connectivity index (χ0n) is 11.7. The van der Waals surface area contributed by atoms with Crippen molar-refractivity contribution in [2.24, 2.45) is 5.92 Å². The predicted molar refractivity (Wildman–Crippen MR) is 71.9 cm³/mol. The summed E-state index contributed by atoms with van der Waals surface area (Å²) in [7, 11) is 2.59. The minimum absolute atomic E-state index is 0.0158. The zero-order valence-corrected chi connectivity index (χ0v) is 11.7. The summed E-state index contributed by atoms with van der Waals surface area (Å²) in [5.41, 5.74) is -0.244. The van der Waals surface area contributed by atoms with E-state index < -0.39 is 16.4 Å². The average molecular weight is 298 g/mol. The van der Waals surface area contributed by atoms with Gasteiger partial charge < -0.3 is 14.4 Å².